The molecule has 1 aliphatic carbocycles. The maximum absolute atomic E-state index is 12.4. The van der Waals surface area contributed by atoms with Crippen LogP contribution in [0.2, 0.25) is 0 Å². The van der Waals surface area contributed by atoms with Gasteiger partial charge in [-0.3, -0.25) is 14.5 Å². The first-order chi connectivity index (χ1) is 13.2. The molecule has 0 atom stereocenters. The SMILES string of the molecule is Cc1ccc(C(=O)NC2CCC(n3cc(-c4ccncn4)cn3)CC2)cn1. The van der Waals surface area contributed by atoms with Gasteiger partial charge in [0.15, 0.2) is 0 Å². The van der Waals surface area contributed by atoms with Crippen LogP contribution in [0.4, 0.5) is 0 Å². The van der Waals surface area contributed by atoms with Crippen molar-refractivity contribution in [1.82, 2.24) is 30.0 Å². The Morgan fingerprint density at radius 2 is 1.96 bits per heavy atom. The van der Waals surface area contributed by atoms with Crippen molar-refractivity contribution >= 4 is 5.91 Å². The van der Waals surface area contributed by atoms with Crippen LogP contribution < -0.4 is 5.32 Å². The molecule has 7 nitrogen and oxygen atoms in total. The first kappa shape index (κ1) is 17.3. The van der Waals surface area contributed by atoms with E-state index in [0.717, 1.165) is 42.6 Å². The number of carbonyl (C=O) groups excluding carboxylic acids is 1. The predicted octanol–water partition coefficient (Wildman–Crippen LogP) is 2.96. The standard InChI is InChI=1S/C20H22N6O/c1-14-2-3-15(10-22-14)20(27)25-17-4-6-18(7-5-17)26-12-16(11-24-26)19-8-9-21-13-23-19/h2-3,8-13,17-18H,4-7H2,1H3,(H,25,27). The Morgan fingerprint density at radius 3 is 2.67 bits per heavy atom. The van der Waals surface area contributed by atoms with Gasteiger partial charge in [0, 0.05) is 35.9 Å². The molecule has 7 heteroatoms. The molecule has 0 radical (unpaired) electrons. The fourth-order valence-electron chi connectivity index (χ4n) is 3.49. The zero-order valence-electron chi connectivity index (χ0n) is 15.2. The van der Waals surface area contributed by atoms with E-state index in [4.69, 9.17) is 0 Å². The Bertz CT molecular complexity index is 898. The molecule has 0 spiro atoms. The third kappa shape index (κ3) is 4.02. The lowest BCUT2D eigenvalue weighted by molar-refractivity contribution is 0.0921. The quantitative estimate of drug-likeness (QED) is 0.771. The molecule has 0 aliphatic heterocycles. The van der Waals surface area contributed by atoms with E-state index in [1.165, 1.54) is 0 Å². The van der Waals surface area contributed by atoms with Gasteiger partial charge in [0.25, 0.3) is 5.91 Å². The van der Waals surface area contributed by atoms with E-state index in [9.17, 15) is 4.79 Å². The van der Waals surface area contributed by atoms with Gasteiger partial charge in [-0.1, -0.05) is 0 Å². The molecule has 27 heavy (non-hydrogen) atoms. The number of rotatable bonds is 4. The molecule has 138 valence electrons. The summed E-state index contributed by atoms with van der Waals surface area (Å²) in [5.41, 5.74) is 3.40. The van der Waals surface area contributed by atoms with Crippen LogP contribution in [-0.2, 0) is 0 Å². The second kappa shape index (κ2) is 7.65. The van der Waals surface area contributed by atoms with Crippen molar-refractivity contribution in [1.29, 1.82) is 0 Å². The van der Waals surface area contributed by atoms with Crippen molar-refractivity contribution < 1.29 is 4.79 Å². The van der Waals surface area contributed by atoms with E-state index in [1.54, 1.807) is 18.7 Å². The lowest BCUT2D eigenvalue weighted by atomic mass is 9.91. The van der Waals surface area contributed by atoms with Crippen molar-refractivity contribution in [3.05, 3.63) is 60.6 Å². The molecule has 1 N–H and O–H groups in total. The highest BCUT2D eigenvalue weighted by Crippen LogP contribution is 2.29. The Morgan fingerprint density at radius 1 is 1.11 bits per heavy atom. The van der Waals surface area contributed by atoms with Gasteiger partial charge in [0.1, 0.15) is 6.33 Å². The number of amides is 1. The molecule has 3 aromatic rings. The third-order valence-electron chi connectivity index (χ3n) is 5.06. The summed E-state index contributed by atoms with van der Waals surface area (Å²) in [6.07, 6.45) is 12.7. The van der Waals surface area contributed by atoms with Gasteiger partial charge in [-0.15, -0.1) is 0 Å². The zero-order valence-corrected chi connectivity index (χ0v) is 15.2. The minimum absolute atomic E-state index is 0.0453. The van der Waals surface area contributed by atoms with Gasteiger partial charge in [0.05, 0.1) is 23.5 Å². The number of aryl methyl sites for hydroxylation is 1. The monoisotopic (exact) mass is 362 g/mol. The van der Waals surface area contributed by atoms with Crippen LogP contribution in [0.1, 0.15) is 47.8 Å². The Hall–Kier alpha value is -3.09. The lowest BCUT2D eigenvalue weighted by Crippen LogP contribution is -2.38. The second-order valence-corrected chi connectivity index (χ2v) is 6.97. The van der Waals surface area contributed by atoms with Gasteiger partial charge in [-0.25, -0.2) is 9.97 Å². The number of hydrogen-bond donors (Lipinski definition) is 1. The largest absolute Gasteiger partial charge is 0.349 e. The smallest absolute Gasteiger partial charge is 0.253 e. The fraction of sp³-hybridized carbons (Fsp3) is 0.350. The summed E-state index contributed by atoms with van der Waals surface area (Å²) in [6, 6.07) is 6.12. The van der Waals surface area contributed by atoms with Crippen LogP contribution in [0.25, 0.3) is 11.3 Å². The second-order valence-electron chi connectivity index (χ2n) is 6.97. The van der Waals surface area contributed by atoms with Crippen molar-refractivity contribution in [3.8, 4) is 11.3 Å². The molecular formula is C20H22N6O. The van der Waals surface area contributed by atoms with Crippen LogP contribution in [0.5, 0.6) is 0 Å². The van der Waals surface area contributed by atoms with Crippen LogP contribution >= 0.6 is 0 Å². The summed E-state index contributed by atoms with van der Waals surface area (Å²) in [7, 11) is 0. The number of aromatic nitrogens is 5. The summed E-state index contributed by atoms with van der Waals surface area (Å²) in [4.78, 5) is 24.8. The van der Waals surface area contributed by atoms with Gasteiger partial charge in [-0.2, -0.15) is 5.10 Å². The molecule has 0 unspecified atom stereocenters. The summed E-state index contributed by atoms with van der Waals surface area (Å²) in [5, 5.41) is 7.65. The molecule has 1 amide bonds. The number of carbonyl (C=O) groups is 1. The Kier molecular flexibility index (Phi) is 4.91. The van der Waals surface area contributed by atoms with Crippen LogP contribution in [-0.4, -0.2) is 36.7 Å². The molecule has 3 heterocycles. The first-order valence-corrected chi connectivity index (χ1v) is 9.23. The summed E-state index contributed by atoms with van der Waals surface area (Å²) < 4.78 is 2.03. The molecule has 0 aromatic carbocycles. The maximum Gasteiger partial charge on any atom is 0.253 e. The minimum Gasteiger partial charge on any atom is -0.349 e. The van der Waals surface area contributed by atoms with Gasteiger partial charge >= 0.3 is 0 Å². The van der Waals surface area contributed by atoms with Crippen LogP contribution in [0, 0.1) is 6.92 Å². The zero-order chi connectivity index (χ0) is 18.6. The van der Waals surface area contributed by atoms with E-state index in [-0.39, 0.29) is 11.9 Å². The van der Waals surface area contributed by atoms with Gasteiger partial charge < -0.3 is 5.32 Å². The van der Waals surface area contributed by atoms with Crippen LogP contribution in [0.3, 0.4) is 0 Å². The molecule has 1 aliphatic rings. The third-order valence-corrected chi connectivity index (χ3v) is 5.06. The molecule has 4 rings (SSSR count). The van der Waals surface area contributed by atoms with Crippen molar-refractivity contribution in [2.45, 2.75) is 44.7 Å². The Balaban J connectivity index is 1.33. The average molecular weight is 362 g/mol. The maximum atomic E-state index is 12.4. The van der Waals surface area contributed by atoms with Crippen molar-refractivity contribution in [2.75, 3.05) is 0 Å². The molecule has 0 saturated heterocycles. The van der Waals surface area contributed by atoms with E-state index >= 15 is 0 Å². The fourth-order valence-corrected chi connectivity index (χ4v) is 3.49. The topological polar surface area (TPSA) is 85.6 Å². The van der Waals surface area contributed by atoms with Crippen molar-refractivity contribution in [2.24, 2.45) is 0 Å². The molecule has 0 bridgehead atoms. The van der Waals surface area contributed by atoms with E-state index in [1.807, 2.05) is 42.2 Å². The number of nitrogens with zero attached hydrogens (tertiary/aromatic N) is 5. The molecule has 3 aromatic heterocycles. The molecule has 1 saturated carbocycles. The van der Waals surface area contributed by atoms with Gasteiger partial charge in [-0.05, 0) is 50.8 Å². The average Bonchev–Trinajstić information content (AvgIpc) is 3.20. The molecular weight excluding hydrogens is 340 g/mol. The van der Waals surface area contributed by atoms with Crippen LogP contribution in [0.15, 0.2) is 49.3 Å². The lowest BCUT2D eigenvalue weighted by Gasteiger charge is -2.29. The summed E-state index contributed by atoms with van der Waals surface area (Å²) >= 11 is 0. The highest BCUT2D eigenvalue weighted by atomic mass is 16.1. The van der Waals surface area contributed by atoms with E-state index in [0.29, 0.717) is 11.6 Å². The highest BCUT2D eigenvalue weighted by molar-refractivity contribution is 5.94. The molecule has 1 fully saturated rings. The minimum atomic E-state index is -0.0453. The van der Waals surface area contributed by atoms with E-state index < -0.39 is 0 Å². The normalized spacial score (nSPS) is 19.6. The van der Waals surface area contributed by atoms with Crippen molar-refractivity contribution in [3.63, 3.8) is 0 Å². The van der Waals surface area contributed by atoms with Gasteiger partial charge in [0.2, 0.25) is 0 Å². The highest BCUT2D eigenvalue weighted by Gasteiger charge is 2.24. The Labute approximate surface area is 157 Å². The van der Waals surface area contributed by atoms with E-state index in [2.05, 4.69) is 25.4 Å². The summed E-state index contributed by atoms with van der Waals surface area (Å²) in [5.74, 6) is -0.0453. The first-order valence-electron chi connectivity index (χ1n) is 9.23. The number of hydrogen-bond acceptors (Lipinski definition) is 5. The predicted molar refractivity (Wildman–Crippen MR) is 101 cm³/mol. The summed E-state index contributed by atoms with van der Waals surface area (Å²) in [6.45, 7) is 1.91. The number of pyridine rings is 1. The number of nitrogens with one attached hydrogen (secondary N) is 1.